The number of halogens is 2. The molecule has 1 aromatic rings. The maximum atomic E-state index is 13.8. The summed E-state index contributed by atoms with van der Waals surface area (Å²) in [5.41, 5.74) is -0.278. The van der Waals surface area contributed by atoms with Gasteiger partial charge < -0.3 is 9.47 Å². The average Bonchev–Trinajstić information content (AvgIpc) is 2.71. The van der Waals surface area contributed by atoms with Crippen molar-refractivity contribution < 1.29 is 18.3 Å². The van der Waals surface area contributed by atoms with Gasteiger partial charge in [-0.2, -0.15) is 5.26 Å². The summed E-state index contributed by atoms with van der Waals surface area (Å²) in [7, 11) is 0. The normalized spacial score (nSPS) is 28.1. The maximum Gasteiger partial charge on any atom is 0.184 e. The van der Waals surface area contributed by atoms with Crippen LogP contribution < -0.4 is 0 Å². The van der Waals surface area contributed by atoms with Crippen molar-refractivity contribution in [1.82, 2.24) is 0 Å². The Hall–Kier alpha value is -1.51. The van der Waals surface area contributed by atoms with Crippen molar-refractivity contribution in [2.24, 2.45) is 17.8 Å². The van der Waals surface area contributed by atoms with Crippen LogP contribution in [0.3, 0.4) is 0 Å². The Balaban J connectivity index is 1.40. The molecular weight excluding hydrogens is 360 g/mol. The molecule has 3 rings (SSSR count). The molecule has 0 unspecified atom stereocenters. The highest BCUT2D eigenvalue weighted by Crippen LogP contribution is 2.36. The zero-order valence-corrected chi connectivity index (χ0v) is 16.8. The van der Waals surface area contributed by atoms with Gasteiger partial charge >= 0.3 is 0 Å². The lowest BCUT2D eigenvalue weighted by atomic mass is 9.77. The Morgan fingerprint density at radius 3 is 2.00 bits per heavy atom. The number of nitriles is 1. The molecule has 5 heteroatoms. The molecule has 3 nitrogen and oxygen atoms in total. The summed E-state index contributed by atoms with van der Waals surface area (Å²) in [4.78, 5) is 0. The second-order valence-electron chi connectivity index (χ2n) is 8.44. The molecule has 1 aromatic carbocycles. The third-order valence-corrected chi connectivity index (χ3v) is 6.33. The standard InChI is InChI=1S/C23H31F2NO2/c1-2-3-4-16-5-7-17(8-6-16)9-10-18-14-27-23(28-15-18)19-11-21(24)20(13-26)22(25)12-19/h11-12,16-18,23H,2-10,14-15H2,1H3/t16-,17-,18-,23-. The summed E-state index contributed by atoms with van der Waals surface area (Å²) in [6.45, 7) is 3.35. The van der Waals surface area contributed by atoms with E-state index in [1.165, 1.54) is 57.4 Å². The largest absolute Gasteiger partial charge is 0.348 e. The molecule has 0 aromatic heterocycles. The van der Waals surface area contributed by atoms with Crippen molar-refractivity contribution >= 4 is 0 Å². The van der Waals surface area contributed by atoms with E-state index < -0.39 is 23.5 Å². The molecule has 1 heterocycles. The predicted octanol–water partition coefficient (Wildman–Crippen LogP) is 6.27. The van der Waals surface area contributed by atoms with Crippen molar-refractivity contribution in [1.29, 1.82) is 5.26 Å². The van der Waals surface area contributed by atoms with Gasteiger partial charge in [0.15, 0.2) is 6.29 Å². The first-order chi connectivity index (χ1) is 13.6. The van der Waals surface area contributed by atoms with Crippen molar-refractivity contribution in [2.45, 2.75) is 71.0 Å². The Morgan fingerprint density at radius 1 is 0.929 bits per heavy atom. The minimum Gasteiger partial charge on any atom is -0.348 e. The summed E-state index contributed by atoms with van der Waals surface area (Å²) in [5, 5.41) is 8.76. The number of ether oxygens (including phenoxy) is 2. The average molecular weight is 392 g/mol. The zero-order chi connectivity index (χ0) is 19.9. The molecule has 0 spiro atoms. The molecule has 154 valence electrons. The van der Waals surface area contributed by atoms with Gasteiger partial charge in [0.25, 0.3) is 0 Å². The molecule has 0 N–H and O–H groups in total. The Bertz CT molecular complexity index is 649. The highest BCUT2D eigenvalue weighted by molar-refractivity contribution is 5.35. The van der Waals surface area contributed by atoms with E-state index in [4.69, 9.17) is 14.7 Å². The number of hydrogen-bond donors (Lipinski definition) is 0. The molecule has 1 saturated carbocycles. The third kappa shape index (κ3) is 5.52. The van der Waals surface area contributed by atoms with Gasteiger partial charge in [-0.3, -0.25) is 0 Å². The summed E-state index contributed by atoms with van der Waals surface area (Å²) in [6, 6.07) is 3.79. The van der Waals surface area contributed by atoms with Gasteiger partial charge in [0.05, 0.1) is 13.2 Å². The van der Waals surface area contributed by atoms with E-state index in [1.807, 2.05) is 0 Å². The molecule has 1 saturated heterocycles. The van der Waals surface area contributed by atoms with Gasteiger partial charge in [-0.1, -0.05) is 58.3 Å². The van der Waals surface area contributed by atoms with Gasteiger partial charge in [0.2, 0.25) is 0 Å². The van der Waals surface area contributed by atoms with Crippen LogP contribution in [0.4, 0.5) is 8.78 Å². The van der Waals surface area contributed by atoms with Crippen LogP contribution in [0.25, 0.3) is 0 Å². The topological polar surface area (TPSA) is 42.2 Å². The van der Waals surface area contributed by atoms with Crippen LogP contribution in [0, 0.1) is 40.7 Å². The van der Waals surface area contributed by atoms with Crippen molar-refractivity contribution in [3.8, 4) is 6.07 Å². The predicted molar refractivity (Wildman–Crippen MR) is 103 cm³/mol. The lowest BCUT2D eigenvalue weighted by Crippen LogP contribution is -2.28. The molecule has 0 bridgehead atoms. The minimum absolute atomic E-state index is 0.290. The fraction of sp³-hybridized carbons (Fsp3) is 0.696. The van der Waals surface area contributed by atoms with E-state index in [0.29, 0.717) is 19.1 Å². The van der Waals surface area contributed by atoms with E-state index in [-0.39, 0.29) is 5.56 Å². The molecule has 1 aliphatic heterocycles. The highest BCUT2D eigenvalue weighted by Gasteiger charge is 2.27. The molecule has 2 aliphatic rings. The van der Waals surface area contributed by atoms with Crippen molar-refractivity contribution in [3.63, 3.8) is 0 Å². The van der Waals surface area contributed by atoms with Crippen LogP contribution in [0.15, 0.2) is 12.1 Å². The van der Waals surface area contributed by atoms with Gasteiger partial charge in [-0.05, 0) is 30.4 Å². The second-order valence-corrected chi connectivity index (χ2v) is 8.44. The minimum atomic E-state index is -0.874. The SMILES string of the molecule is CCCC[C@H]1CC[C@H](CC[C@H]2CO[C@H](c3cc(F)c(C#N)c(F)c3)OC2)CC1. The van der Waals surface area contributed by atoms with Crippen LogP contribution in [0.1, 0.15) is 82.1 Å². The van der Waals surface area contributed by atoms with E-state index >= 15 is 0 Å². The van der Waals surface area contributed by atoms with Crippen LogP contribution in [0.2, 0.25) is 0 Å². The lowest BCUT2D eigenvalue weighted by molar-refractivity contribution is -0.206. The molecule has 28 heavy (non-hydrogen) atoms. The fourth-order valence-electron chi connectivity index (χ4n) is 4.51. The first kappa shape index (κ1) is 21.2. The van der Waals surface area contributed by atoms with Crippen LogP contribution in [-0.2, 0) is 9.47 Å². The van der Waals surface area contributed by atoms with E-state index in [1.54, 1.807) is 0 Å². The Kier molecular flexibility index (Phi) is 7.82. The summed E-state index contributed by atoms with van der Waals surface area (Å²) < 4.78 is 39.0. The van der Waals surface area contributed by atoms with Gasteiger partial charge in [-0.25, -0.2) is 8.78 Å². The summed E-state index contributed by atoms with van der Waals surface area (Å²) in [6.07, 6.45) is 11.0. The van der Waals surface area contributed by atoms with Crippen LogP contribution in [-0.4, -0.2) is 13.2 Å². The van der Waals surface area contributed by atoms with Crippen LogP contribution >= 0.6 is 0 Å². The van der Waals surface area contributed by atoms with Crippen LogP contribution in [0.5, 0.6) is 0 Å². The summed E-state index contributed by atoms with van der Waals surface area (Å²) >= 11 is 0. The fourth-order valence-corrected chi connectivity index (χ4v) is 4.51. The maximum absolute atomic E-state index is 13.8. The third-order valence-electron chi connectivity index (χ3n) is 6.33. The number of nitrogens with zero attached hydrogens (tertiary/aromatic N) is 1. The molecule has 1 aliphatic carbocycles. The number of hydrogen-bond acceptors (Lipinski definition) is 3. The monoisotopic (exact) mass is 391 g/mol. The molecule has 0 atom stereocenters. The molecule has 2 fully saturated rings. The van der Waals surface area contributed by atoms with E-state index in [0.717, 1.165) is 30.4 Å². The number of unbranched alkanes of at least 4 members (excludes halogenated alkanes) is 1. The van der Waals surface area contributed by atoms with Gasteiger partial charge in [0, 0.05) is 11.5 Å². The Morgan fingerprint density at radius 2 is 1.46 bits per heavy atom. The van der Waals surface area contributed by atoms with Gasteiger partial charge in [-0.15, -0.1) is 0 Å². The molecule has 0 amide bonds. The second kappa shape index (κ2) is 10.3. The Labute approximate surface area is 167 Å². The first-order valence-corrected chi connectivity index (χ1v) is 10.7. The van der Waals surface area contributed by atoms with E-state index in [2.05, 4.69) is 6.92 Å². The first-order valence-electron chi connectivity index (χ1n) is 10.7. The van der Waals surface area contributed by atoms with Crippen molar-refractivity contribution in [3.05, 3.63) is 34.9 Å². The molecular formula is C23H31F2NO2. The van der Waals surface area contributed by atoms with E-state index in [9.17, 15) is 8.78 Å². The quantitative estimate of drug-likeness (QED) is 0.550. The summed E-state index contributed by atoms with van der Waals surface area (Å²) in [5.74, 6) is 0.341. The highest BCUT2D eigenvalue weighted by atomic mass is 19.1. The number of rotatable bonds is 7. The van der Waals surface area contributed by atoms with Gasteiger partial charge in [0.1, 0.15) is 23.3 Å². The lowest BCUT2D eigenvalue weighted by Gasteiger charge is -2.32. The van der Waals surface area contributed by atoms with Crippen molar-refractivity contribution in [2.75, 3.05) is 13.2 Å². The smallest absolute Gasteiger partial charge is 0.184 e. The zero-order valence-electron chi connectivity index (χ0n) is 16.8. The number of benzene rings is 1. The molecule has 0 radical (unpaired) electrons.